The highest BCUT2D eigenvalue weighted by atomic mass is 19.1. The van der Waals surface area contributed by atoms with Gasteiger partial charge < -0.3 is 4.52 Å². The van der Waals surface area contributed by atoms with E-state index in [9.17, 15) is 0 Å². The van der Waals surface area contributed by atoms with Crippen molar-refractivity contribution in [2.45, 2.75) is 65.2 Å². The van der Waals surface area contributed by atoms with Crippen LogP contribution in [0.2, 0.25) is 0 Å². The summed E-state index contributed by atoms with van der Waals surface area (Å²) in [6.45, 7) is 13.1. The van der Waals surface area contributed by atoms with E-state index in [0.29, 0.717) is 11.3 Å². The smallest absolute Gasteiger partial charge is 0.159 e. The highest BCUT2D eigenvalue weighted by molar-refractivity contribution is 5.82. The van der Waals surface area contributed by atoms with Crippen molar-refractivity contribution in [3.8, 4) is 0 Å². The van der Waals surface area contributed by atoms with Crippen molar-refractivity contribution in [2.24, 2.45) is 5.92 Å². The molecule has 134 valence electrons. The average molecular weight is 341 g/mol. The number of fused-ring (bicyclic) bond motifs is 1. The molecule has 0 fully saturated rings. The Labute approximate surface area is 150 Å². The zero-order valence-electron chi connectivity index (χ0n) is 16.1. The van der Waals surface area contributed by atoms with E-state index >= 15 is 4.39 Å². The first-order chi connectivity index (χ1) is 11.6. The van der Waals surface area contributed by atoms with Gasteiger partial charge in [-0.1, -0.05) is 46.7 Å². The normalized spacial score (nSPS) is 19.1. The van der Waals surface area contributed by atoms with Crippen LogP contribution < -0.4 is 0 Å². The van der Waals surface area contributed by atoms with Gasteiger partial charge in [-0.2, -0.15) is 0 Å². The Hall–Kier alpha value is -1.90. The second-order valence-electron chi connectivity index (χ2n) is 8.81. The van der Waals surface area contributed by atoms with Gasteiger partial charge in [0.15, 0.2) is 5.76 Å². The van der Waals surface area contributed by atoms with E-state index in [2.05, 4.69) is 52.8 Å². The molecule has 0 aliphatic heterocycles. The van der Waals surface area contributed by atoms with Gasteiger partial charge in [0.25, 0.3) is 0 Å². The molecule has 0 spiro atoms. The Balaban J connectivity index is 2.21. The van der Waals surface area contributed by atoms with Crippen molar-refractivity contribution in [2.75, 3.05) is 0 Å². The summed E-state index contributed by atoms with van der Waals surface area (Å²) in [6.07, 6.45) is 5.71. The number of halogens is 1. The maximum atomic E-state index is 15.1. The topological polar surface area (TPSA) is 26.0 Å². The van der Waals surface area contributed by atoms with Gasteiger partial charge in [-0.05, 0) is 64.5 Å². The van der Waals surface area contributed by atoms with E-state index in [1.807, 2.05) is 6.08 Å². The summed E-state index contributed by atoms with van der Waals surface area (Å²) in [5, 5.41) is 3.75. The standard InChI is InChI=1S/C22H28FNO/c1-14(2)16(11-15-7-10-24-25-15)17-12-18-19(13-20(17)23)22(5,6)9-8-21(18,3)4/h7,10-14H,8-9H2,1-6H3/b16-11+. The third-order valence-corrected chi connectivity index (χ3v) is 5.63. The van der Waals surface area contributed by atoms with Crippen LogP contribution in [-0.2, 0) is 10.8 Å². The lowest BCUT2D eigenvalue weighted by atomic mass is 9.62. The molecule has 0 radical (unpaired) electrons. The molecule has 3 heteroatoms. The van der Waals surface area contributed by atoms with Gasteiger partial charge in [0.2, 0.25) is 0 Å². The summed E-state index contributed by atoms with van der Waals surface area (Å²) >= 11 is 0. The summed E-state index contributed by atoms with van der Waals surface area (Å²) in [7, 11) is 0. The van der Waals surface area contributed by atoms with Gasteiger partial charge >= 0.3 is 0 Å². The highest BCUT2D eigenvalue weighted by Crippen LogP contribution is 2.47. The highest BCUT2D eigenvalue weighted by Gasteiger charge is 2.38. The number of hydrogen-bond donors (Lipinski definition) is 0. The lowest BCUT2D eigenvalue weighted by Gasteiger charge is -2.42. The zero-order chi connectivity index (χ0) is 18.4. The quantitative estimate of drug-likeness (QED) is 0.649. The molecular formula is C22H28FNO. The molecule has 0 N–H and O–H groups in total. The minimum absolute atomic E-state index is 0.0108. The van der Waals surface area contributed by atoms with E-state index in [1.165, 1.54) is 5.56 Å². The van der Waals surface area contributed by atoms with Crippen molar-refractivity contribution in [1.29, 1.82) is 0 Å². The van der Waals surface area contributed by atoms with Gasteiger partial charge in [-0.3, -0.25) is 0 Å². The molecule has 2 nitrogen and oxygen atoms in total. The van der Waals surface area contributed by atoms with Gasteiger partial charge in [0.05, 0.1) is 6.20 Å². The first kappa shape index (κ1) is 17.9. The van der Waals surface area contributed by atoms with Crippen LogP contribution in [0.15, 0.2) is 28.9 Å². The molecular weight excluding hydrogens is 313 g/mol. The van der Waals surface area contributed by atoms with Gasteiger partial charge in [0.1, 0.15) is 5.82 Å². The number of allylic oxidation sites excluding steroid dienone is 1. The molecule has 0 saturated heterocycles. The number of rotatable bonds is 3. The largest absolute Gasteiger partial charge is 0.357 e. The first-order valence-corrected chi connectivity index (χ1v) is 9.09. The lowest BCUT2D eigenvalue weighted by Crippen LogP contribution is -2.34. The molecule has 0 atom stereocenters. The Kier molecular flexibility index (Phi) is 4.38. The molecule has 0 amide bonds. The minimum Gasteiger partial charge on any atom is -0.357 e. The second-order valence-corrected chi connectivity index (χ2v) is 8.81. The fourth-order valence-corrected chi connectivity index (χ4v) is 3.82. The monoisotopic (exact) mass is 341 g/mol. The lowest BCUT2D eigenvalue weighted by molar-refractivity contribution is 0.330. The predicted molar refractivity (Wildman–Crippen MR) is 101 cm³/mol. The van der Waals surface area contributed by atoms with Crippen molar-refractivity contribution in [3.63, 3.8) is 0 Å². The van der Waals surface area contributed by atoms with Crippen LogP contribution >= 0.6 is 0 Å². The zero-order valence-corrected chi connectivity index (χ0v) is 16.1. The molecule has 0 saturated carbocycles. The minimum atomic E-state index is -0.149. The molecule has 1 aliphatic rings. The van der Waals surface area contributed by atoms with E-state index < -0.39 is 0 Å². The summed E-state index contributed by atoms with van der Waals surface area (Å²) < 4.78 is 20.3. The van der Waals surface area contributed by atoms with Crippen LogP contribution in [0.4, 0.5) is 4.39 Å². The Morgan fingerprint density at radius 3 is 2.24 bits per heavy atom. The SMILES string of the molecule is CC(C)/C(=C\c1ccno1)c1cc2c(cc1F)C(C)(C)CCC2(C)C. The third kappa shape index (κ3) is 3.29. The van der Waals surface area contributed by atoms with Crippen LogP contribution in [0, 0.1) is 11.7 Å². The Morgan fingerprint density at radius 1 is 1.12 bits per heavy atom. The van der Waals surface area contributed by atoms with Crippen LogP contribution in [0.1, 0.15) is 76.8 Å². The fourth-order valence-electron chi connectivity index (χ4n) is 3.82. The number of nitrogens with zero attached hydrogens (tertiary/aromatic N) is 1. The Morgan fingerprint density at radius 2 is 1.72 bits per heavy atom. The van der Waals surface area contributed by atoms with E-state index in [0.717, 1.165) is 24.0 Å². The van der Waals surface area contributed by atoms with Crippen molar-refractivity contribution in [1.82, 2.24) is 5.16 Å². The van der Waals surface area contributed by atoms with Crippen molar-refractivity contribution >= 4 is 11.6 Å². The first-order valence-electron chi connectivity index (χ1n) is 9.09. The number of benzene rings is 1. The van der Waals surface area contributed by atoms with Crippen LogP contribution in [0.5, 0.6) is 0 Å². The molecule has 2 aromatic rings. The van der Waals surface area contributed by atoms with E-state index in [-0.39, 0.29) is 22.6 Å². The predicted octanol–water partition coefficient (Wildman–Crippen LogP) is 6.36. The van der Waals surface area contributed by atoms with Gasteiger partial charge in [-0.15, -0.1) is 0 Å². The number of hydrogen-bond acceptors (Lipinski definition) is 2. The van der Waals surface area contributed by atoms with Gasteiger partial charge in [-0.25, -0.2) is 4.39 Å². The van der Waals surface area contributed by atoms with Crippen LogP contribution in [0.25, 0.3) is 11.6 Å². The Bertz CT molecular complexity index is 798. The molecule has 3 rings (SSSR count). The molecule has 25 heavy (non-hydrogen) atoms. The van der Waals surface area contributed by atoms with E-state index in [1.54, 1.807) is 18.3 Å². The van der Waals surface area contributed by atoms with Crippen LogP contribution in [-0.4, -0.2) is 5.16 Å². The van der Waals surface area contributed by atoms with Crippen molar-refractivity contribution in [3.05, 3.63) is 52.7 Å². The second kappa shape index (κ2) is 6.12. The van der Waals surface area contributed by atoms with E-state index in [4.69, 9.17) is 4.52 Å². The number of aromatic nitrogens is 1. The molecule has 1 aromatic heterocycles. The third-order valence-electron chi connectivity index (χ3n) is 5.63. The maximum absolute atomic E-state index is 15.1. The average Bonchev–Trinajstić information content (AvgIpc) is 3.02. The maximum Gasteiger partial charge on any atom is 0.159 e. The molecule has 0 unspecified atom stereocenters. The molecule has 0 bridgehead atoms. The molecule has 1 aliphatic carbocycles. The van der Waals surface area contributed by atoms with Gasteiger partial charge in [0, 0.05) is 11.6 Å². The summed E-state index contributed by atoms with van der Waals surface area (Å²) in [4.78, 5) is 0. The molecule has 1 heterocycles. The van der Waals surface area contributed by atoms with Crippen molar-refractivity contribution < 1.29 is 8.91 Å². The summed E-state index contributed by atoms with van der Waals surface area (Å²) in [6, 6.07) is 5.64. The summed E-state index contributed by atoms with van der Waals surface area (Å²) in [5.74, 6) is 0.682. The fraction of sp³-hybridized carbons (Fsp3) is 0.500. The molecule has 1 aromatic carbocycles. The van der Waals surface area contributed by atoms with Crippen LogP contribution in [0.3, 0.4) is 0 Å². The summed E-state index contributed by atoms with van der Waals surface area (Å²) in [5.41, 5.74) is 4.10.